The van der Waals surface area contributed by atoms with Gasteiger partial charge in [0, 0.05) is 33.4 Å². The van der Waals surface area contributed by atoms with E-state index >= 15 is 0 Å². The Balaban J connectivity index is 2.25. The van der Waals surface area contributed by atoms with Gasteiger partial charge in [-0.15, -0.1) is 0 Å². The minimum absolute atomic E-state index is 0.598. The molecule has 0 heterocycles. The average Bonchev–Trinajstić information content (AvgIpc) is 2.53. The van der Waals surface area contributed by atoms with Crippen LogP contribution in [0.1, 0.15) is 38.3 Å². The minimum atomic E-state index is 0.598. The van der Waals surface area contributed by atoms with Crippen molar-refractivity contribution in [3.63, 3.8) is 0 Å². The van der Waals surface area contributed by atoms with Crippen LogP contribution < -0.4 is 10.6 Å². The zero-order valence-corrected chi connectivity index (χ0v) is 14.5. The second kappa shape index (κ2) is 11.1. The van der Waals surface area contributed by atoms with E-state index in [-0.39, 0.29) is 0 Å². The third-order valence-electron chi connectivity index (χ3n) is 3.38. The van der Waals surface area contributed by atoms with E-state index in [2.05, 4.69) is 60.7 Å². The summed E-state index contributed by atoms with van der Waals surface area (Å²) in [6.45, 7) is 9.81. The summed E-state index contributed by atoms with van der Waals surface area (Å²) < 4.78 is 5.57. The molecule has 124 valence electrons. The maximum Gasteiger partial charge on any atom is 0.191 e. The van der Waals surface area contributed by atoms with E-state index < -0.39 is 0 Å². The number of aliphatic imine (C=N–C) groups is 1. The number of nitrogens with one attached hydrogen (secondary N) is 2. The first-order valence-electron chi connectivity index (χ1n) is 8.26. The molecule has 0 atom stereocenters. The van der Waals surface area contributed by atoms with Gasteiger partial charge >= 0.3 is 0 Å². The fraction of sp³-hybridized carbons (Fsp3) is 0.611. The maximum absolute atomic E-state index is 5.57. The van der Waals surface area contributed by atoms with Crippen LogP contribution in [0, 0.1) is 5.92 Å². The fourth-order valence-corrected chi connectivity index (χ4v) is 2.17. The number of guanidine groups is 1. The molecule has 1 aromatic carbocycles. The predicted molar refractivity (Wildman–Crippen MR) is 94.3 cm³/mol. The molecule has 0 amide bonds. The van der Waals surface area contributed by atoms with Gasteiger partial charge in [0.2, 0.25) is 0 Å². The minimum Gasteiger partial charge on any atom is -0.381 e. The average molecular weight is 305 g/mol. The smallest absolute Gasteiger partial charge is 0.191 e. The number of nitrogens with zero attached hydrogens (tertiary/aromatic N) is 1. The highest BCUT2D eigenvalue weighted by atomic mass is 16.5. The normalized spacial score (nSPS) is 11.8. The van der Waals surface area contributed by atoms with Gasteiger partial charge in [0.15, 0.2) is 5.96 Å². The summed E-state index contributed by atoms with van der Waals surface area (Å²) in [5, 5.41) is 6.69. The molecule has 4 nitrogen and oxygen atoms in total. The van der Waals surface area contributed by atoms with Crippen LogP contribution >= 0.6 is 0 Å². The van der Waals surface area contributed by atoms with Crippen LogP contribution in [0.15, 0.2) is 29.3 Å². The van der Waals surface area contributed by atoms with Crippen LogP contribution in [0.2, 0.25) is 0 Å². The molecule has 0 aliphatic rings. The highest BCUT2D eigenvalue weighted by molar-refractivity contribution is 5.79. The van der Waals surface area contributed by atoms with Crippen molar-refractivity contribution in [2.24, 2.45) is 10.9 Å². The van der Waals surface area contributed by atoms with Crippen LogP contribution in [0.5, 0.6) is 0 Å². The number of benzene rings is 1. The number of hydrogen-bond donors (Lipinski definition) is 2. The Kier molecular flexibility index (Phi) is 9.31. The Morgan fingerprint density at radius 2 is 1.91 bits per heavy atom. The molecule has 0 saturated carbocycles. The van der Waals surface area contributed by atoms with Crippen LogP contribution in [0.3, 0.4) is 0 Å². The largest absolute Gasteiger partial charge is 0.381 e. The van der Waals surface area contributed by atoms with Crippen molar-refractivity contribution in [3.05, 3.63) is 35.4 Å². The van der Waals surface area contributed by atoms with E-state index in [1.165, 1.54) is 11.1 Å². The van der Waals surface area contributed by atoms with E-state index in [1.807, 2.05) is 0 Å². The number of rotatable bonds is 9. The zero-order valence-electron chi connectivity index (χ0n) is 14.5. The highest BCUT2D eigenvalue weighted by Gasteiger charge is 2.02. The lowest BCUT2D eigenvalue weighted by Crippen LogP contribution is -2.37. The Morgan fingerprint density at radius 3 is 2.55 bits per heavy atom. The monoisotopic (exact) mass is 305 g/mol. The number of ether oxygens (including phenoxy) is 1. The maximum atomic E-state index is 5.57. The molecule has 0 bridgehead atoms. The van der Waals surface area contributed by atoms with E-state index in [9.17, 15) is 0 Å². The predicted octanol–water partition coefficient (Wildman–Crippen LogP) is 2.98. The molecule has 1 rings (SSSR count). The first-order chi connectivity index (χ1) is 10.7. The lowest BCUT2D eigenvalue weighted by atomic mass is 10.1. The van der Waals surface area contributed by atoms with Gasteiger partial charge in [0.05, 0.1) is 0 Å². The van der Waals surface area contributed by atoms with Crippen LogP contribution in [-0.2, 0) is 17.7 Å². The summed E-state index contributed by atoms with van der Waals surface area (Å²) in [7, 11) is 1.80. The summed E-state index contributed by atoms with van der Waals surface area (Å²) >= 11 is 0. The van der Waals surface area contributed by atoms with Crippen molar-refractivity contribution in [1.82, 2.24) is 10.6 Å². The van der Waals surface area contributed by atoms with Crippen molar-refractivity contribution >= 4 is 5.96 Å². The molecule has 4 heteroatoms. The summed E-state index contributed by atoms with van der Waals surface area (Å²) in [5.74, 6) is 1.44. The molecule has 22 heavy (non-hydrogen) atoms. The van der Waals surface area contributed by atoms with Gasteiger partial charge in [-0.1, -0.05) is 45.0 Å². The Hall–Kier alpha value is -1.55. The zero-order chi connectivity index (χ0) is 16.2. The van der Waals surface area contributed by atoms with Crippen LogP contribution in [0.25, 0.3) is 0 Å². The van der Waals surface area contributed by atoms with Crippen molar-refractivity contribution < 1.29 is 4.74 Å². The van der Waals surface area contributed by atoms with Crippen molar-refractivity contribution in [1.29, 1.82) is 0 Å². The molecule has 0 saturated heterocycles. The van der Waals surface area contributed by atoms with Gasteiger partial charge in [-0.2, -0.15) is 0 Å². The molecule has 2 N–H and O–H groups in total. The Morgan fingerprint density at radius 1 is 1.18 bits per heavy atom. The summed E-state index contributed by atoms with van der Waals surface area (Å²) in [6.07, 6.45) is 2.04. The topological polar surface area (TPSA) is 45.7 Å². The van der Waals surface area contributed by atoms with Crippen molar-refractivity contribution in [2.45, 2.75) is 40.2 Å². The second-order valence-electron chi connectivity index (χ2n) is 5.80. The molecular weight excluding hydrogens is 274 g/mol. The van der Waals surface area contributed by atoms with Gasteiger partial charge in [-0.05, 0) is 29.9 Å². The molecular formula is C18H31N3O. The lowest BCUT2D eigenvalue weighted by molar-refractivity contribution is 0.108. The molecule has 0 unspecified atom stereocenters. The third-order valence-corrected chi connectivity index (χ3v) is 3.38. The summed E-state index contributed by atoms with van der Waals surface area (Å²) in [4.78, 5) is 4.26. The molecule has 0 radical (unpaired) electrons. The van der Waals surface area contributed by atoms with E-state index in [4.69, 9.17) is 4.74 Å². The molecule has 0 aliphatic carbocycles. The van der Waals surface area contributed by atoms with Gasteiger partial charge in [-0.25, -0.2) is 0 Å². The number of hydrogen-bond acceptors (Lipinski definition) is 2. The first-order valence-corrected chi connectivity index (χ1v) is 8.26. The highest BCUT2D eigenvalue weighted by Crippen LogP contribution is 2.08. The Bertz CT molecular complexity index is 444. The fourth-order valence-electron chi connectivity index (χ4n) is 2.17. The van der Waals surface area contributed by atoms with Gasteiger partial charge in [0.25, 0.3) is 0 Å². The lowest BCUT2D eigenvalue weighted by Gasteiger charge is -2.14. The van der Waals surface area contributed by atoms with E-state index in [1.54, 1.807) is 7.05 Å². The number of aryl methyl sites for hydroxylation is 1. The van der Waals surface area contributed by atoms with Crippen molar-refractivity contribution in [2.75, 3.05) is 26.8 Å². The summed E-state index contributed by atoms with van der Waals surface area (Å²) in [6, 6.07) is 8.52. The van der Waals surface area contributed by atoms with Gasteiger partial charge < -0.3 is 15.4 Å². The quantitative estimate of drug-likeness (QED) is 0.419. The molecule has 0 fully saturated rings. The Labute approximate surface area is 135 Å². The van der Waals surface area contributed by atoms with Crippen LogP contribution in [0.4, 0.5) is 0 Å². The molecule has 0 aromatic heterocycles. The van der Waals surface area contributed by atoms with Crippen molar-refractivity contribution in [3.8, 4) is 0 Å². The SMILES string of the molecule is CCc1ccccc1CNC(=NC)NCCCOCC(C)C. The first kappa shape index (κ1) is 18.5. The summed E-state index contributed by atoms with van der Waals surface area (Å²) in [5.41, 5.74) is 2.71. The molecule has 0 spiro atoms. The van der Waals surface area contributed by atoms with Gasteiger partial charge in [0.1, 0.15) is 0 Å². The standard InChI is InChI=1S/C18H31N3O/c1-5-16-9-6-7-10-17(16)13-21-18(19-4)20-11-8-12-22-14-15(2)3/h6-7,9-10,15H,5,8,11-14H2,1-4H3,(H2,19,20,21). The second-order valence-corrected chi connectivity index (χ2v) is 5.80. The van der Waals surface area contributed by atoms with Gasteiger partial charge in [-0.3, -0.25) is 4.99 Å². The van der Waals surface area contributed by atoms with E-state index in [0.717, 1.165) is 45.1 Å². The third kappa shape index (κ3) is 7.46. The van der Waals surface area contributed by atoms with E-state index in [0.29, 0.717) is 5.92 Å². The molecule has 0 aliphatic heterocycles. The molecule has 1 aromatic rings. The van der Waals surface area contributed by atoms with Crippen LogP contribution in [-0.4, -0.2) is 32.8 Å².